The molecular weight excluding hydrogens is 278 g/mol. The highest BCUT2D eigenvalue weighted by molar-refractivity contribution is 5.94. The molecule has 22 heavy (non-hydrogen) atoms. The zero-order chi connectivity index (χ0) is 15.9. The number of rotatable bonds is 6. The minimum atomic E-state index is -0.125. The van der Waals surface area contributed by atoms with Crippen molar-refractivity contribution in [3.63, 3.8) is 0 Å². The molecule has 0 aromatic heterocycles. The minimum absolute atomic E-state index is 0.125. The Labute approximate surface area is 131 Å². The summed E-state index contributed by atoms with van der Waals surface area (Å²) in [6.45, 7) is 4.86. The first-order chi connectivity index (χ1) is 10.6. The van der Waals surface area contributed by atoms with Crippen LogP contribution in [0.3, 0.4) is 0 Å². The summed E-state index contributed by atoms with van der Waals surface area (Å²) in [7, 11) is 1.61. The van der Waals surface area contributed by atoms with E-state index < -0.39 is 0 Å². The second kappa shape index (κ2) is 7.50. The molecule has 2 rings (SSSR count). The third-order valence-electron chi connectivity index (χ3n) is 3.23. The standard InChI is InChI=1S/C18H21NO3/c1-4-21-17-9-8-14(18(20)19-3)11-15(17)12-22-16-7-5-6-13(2)10-16/h5-11H,4,12H2,1-3H3,(H,19,20). The Bertz CT molecular complexity index is 653. The topological polar surface area (TPSA) is 47.6 Å². The van der Waals surface area contributed by atoms with Crippen LogP contribution in [-0.2, 0) is 6.61 Å². The van der Waals surface area contributed by atoms with Crippen LogP contribution in [0.25, 0.3) is 0 Å². The zero-order valence-corrected chi connectivity index (χ0v) is 13.2. The highest BCUT2D eigenvalue weighted by Crippen LogP contribution is 2.23. The molecular formula is C18H21NO3. The quantitative estimate of drug-likeness (QED) is 0.890. The van der Waals surface area contributed by atoms with Crippen LogP contribution >= 0.6 is 0 Å². The van der Waals surface area contributed by atoms with E-state index in [0.717, 1.165) is 22.6 Å². The van der Waals surface area contributed by atoms with Crippen molar-refractivity contribution in [2.75, 3.05) is 13.7 Å². The maximum atomic E-state index is 11.8. The summed E-state index contributed by atoms with van der Waals surface area (Å²) < 4.78 is 11.4. The van der Waals surface area contributed by atoms with Crippen molar-refractivity contribution in [3.05, 3.63) is 59.2 Å². The van der Waals surface area contributed by atoms with Crippen molar-refractivity contribution in [3.8, 4) is 11.5 Å². The van der Waals surface area contributed by atoms with Gasteiger partial charge in [0, 0.05) is 18.2 Å². The predicted molar refractivity (Wildman–Crippen MR) is 86.5 cm³/mol. The number of benzene rings is 2. The van der Waals surface area contributed by atoms with Gasteiger partial charge in [-0.1, -0.05) is 12.1 Å². The van der Waals surface area contributed by atoms with Gasteiger partial charge in [0.15, 0.2) is 0 Å². The maximum Gasteiger partial charge on any atom is 0.251 e. The van der Waals surface area contributed by atoms with Gasteiger partial charge in [-0.15, -0.1) is 0 Å². The highest BCUT2D eigenvalue weighted by atomic mass is 16.5. The van der Waals surface area contributed by atoms with Gasteiger partial charge in [0.05, 0.1) is 6.61 Å². The van der Waals surface area contributed by atoms with E-state index in [9.17, 15) is 4.79 Å². The molecule has 2 aromatic carbocycles. The molecule has 0 fully saturated rings. The van der Waals surface area contributed by atoms with Crippen LogP contribution in [0.5, 0.6) is 11.5 Å². The normalized spacial score (nSPS) is 10.1. The molecule has 0 saturated heterocycles. The van der Waals surface area contributed by atoms with Gasteiger partial charge in [-0.25, -0.2) is 0 Å². The van der Waals surface area contributed by atoms with Crippen molar-refractivity contribution in [1.29, 1.82) is 0 Å². The average molecular weight is 299 g/mol. The lowest BCUT2D eigenvalue weighted by Gasteiger charge is -2.13. The Hall–Kier alpha value is -2.49. The maximum absolute atomic E-state index is 11.8. The number of carbonyl (C=O) groups excluding carboxylic acids is 1. The molecule has 0 heterocycles. The molecule has 4 nitrogen and oxygen atoms in total. The molecule has 0 atom stereocenters. The smallest absolute Gasteiger partial charge is 0.251 e. The van der Waals surface area contributed by atoms with E-state index in [1.165, 1.54) is 0 Å². The Kier molecular flexibility index (Phi) is 5.42. The van der Waals surface area contributed by atoms with Crippen LogP contribution in [-0.4, -0.2) is 19.6 Å². The van der Waals surface area contributed by atoms with Gasteiger partial charge in [0.2, 0.25) is 0 Å². The summed E-state index contributed by atoms with van der Waals surface area (Å²) in [6.07, 6.45) is 0. The Morgan fingerprint density at radius 3 is 2.64 bits per heavy atom. The van der Waals surface area contributed by atoms with Crippen molar-refractivity contribution in [2.24, 2.45) is 0 Å². The lowest BCUT2D eigenvalue weighted by molar-refractivity contribution is 0.0963. The number of ether oxygens (including phenoxy) is 2. The fourth-order valence-corrected chi connectivity index (χ4v) is 2.14. The summed E-state index contributed by atoms with van der Waals surface area (Å²) in [6, 6.07) is 13.2. The second-order valence-electron chi connectivity index (χ2n) is 4.94. The molecule has 0 spiro atoms. The van der Waals surface area contributed by atoms with E-state index in [0.29, 0.717) is 18.8 Å². The third-order valence-corrected chi connectivity index (χ3v) is 3.23. The van der Waals surface area contributed by atoms with Crippen LogP contribution < -0.4 is 14.8 Å². The highest BCUT2D eigenvalue weighted by Gasteiger charge is 2.10. The monoisotopic (exact) mass is 299 g/mol. The molecule has 116 valence electrons. The molecule has 1 amide bonds. The summed E-state index contributed by atoms with van der Waals surface area (Å²) in [5, 5.41) is 2.62. The van der Waals surface area contributed by atoms with Crippen LogP contribution in [0.4, 0.5) is 0 Å². The zero-order valence-electron chi connectivity index (χ0n) is 13.2. The lowest BCUT2D eigenvalue weighted by Crippen LogP contribution is -2.18. The first kappa shape index (κ1) is 15.9. The molecule has 0 aliphatic rings. The van der Waals surface area contributed by atoms with E-state index in [2.05, 4.69) is 5.32 Å². The first-order valence-electron chi connectivity index (χ1n) is 7.31. The van der Waals surface area contributed by atoms with Crippen molar-refractivity contribution < 1.29 is 14.3 Å². The molecule has 0 unspecified atom stereocenters. The summed E-state index contributed by atoms with van der Waals surface area (Å²) in [5.41, 5.74) is 2.58. The van der Waals surface area contributed by atoms with E-state index in [1.807, 2.05) is 44.2 Å². The molecule has 2 aromatic rings. The number of hydrogen-bond acceptors (Lipinski definition) is 3. The van der Waals surface area contributed by atoms with Crippen LogP contribution in [0, 0.1) is 6.92 Å². The summed E-state index contributed by atoms with van der Waals surface area (Å²) >= 11 is 0. The minimum Gasteiger partial charge on any atom is -0.493 e. The molecule has 0 saturated carbocycles. The molecule has 1 N–H and O–H groups in total. The van der Waals surface area contributed by atoms with Crippen molar-refractivity contribution in [1.82, 2.24) is 5.32 Å². The number of hydrogen-bond donors (Lipinski definition) is 1. The van der Waals surface area contributed by atoms with Crippen LogP contribution in [0.2, 0.25) is 0 Å². The average Bonchev–Trinajstić information content (AvgIpc) is 2.53. The van der Waals surface area contributed by atoms with Gasteiger partial charge in [-0.2, -0.15) is 0 Å². The Morgan fingerprint density at radius 2 is 1.95 bits per heavy atom. The SMILES string of the molecule is CCOc1ccc(C(=O)NC)cc1COc1cccc(C)c1. The van der Waals surface area contributed by atoms with Crippen LogP contribution in [0.15, 0.2) is 42.5 Å². The van der Waals surface area contributed by atoms with Gasteiger partial charge in [0.25, 0.3) is 5.91 Å². The second-order valence-corrected chi connectivity index (χ2v) is 4.94. The predicted octanol–water partition coefficient (Wildman–Crippen LogP) is 3.33. The fourth-order valence-electron chi connectivity index (χ4n) is 2.14. The molecule has 0 radical (unpaired) electrons. The van der Waals surface area contributed by atoms with Crippen molar-refractivity contribution in [2.45, 2.75) is 20.5 Å². The molecule has 4 heteroatoms. The molecule has 0 aliphatic heterocycles. The van der Waals surface area contributed by atoms with E-state index in [1.54, 1.807) is 19.2 Å². The largest absolute Gasteiger partial charge is 0.493 e. The fraction of sp³-hybridized carbons (Fsp3) is 0.278. The van der Waals surface area contributed by atoms with Gasteiger partial charge in [-0.05, 0) is 49.7 Å². The van der Waals surface area contributed by atoms with E-state index in [4.69, 9.17) is 9.47 Å². The Balaban J connectivity index is 2.20. The van der Waals surface area contributed by atoms with Crippen LogP contribution in [0.1, 0.15) is 28.4 Å². The van der Waals surface area contributed by atoms with Gasteiger partial charge < -0.3 is 14.8 Å². The first-order valence-corrected chi connectivity index (χ1v) is 7.31. The van der Waals surface area contributed by atoms with Gasteiger partial charge in [0.1, 0.15) is 18.1 Å². The molecule has 0 aliphatic carbocycles. The lowest BCUT2D eigenvalue weighted by atomic mass is 10.1. The van der Waals surface area contributed by atoms with Gasteiger partial charge in [-0.3, -0.25) is 4.79 Å². The summed E-state index contributed by atoms with van der Waals surface area (Å²) in [5.74, 6) is 1.41. The van der Waals surface area contributed by atoms with E-state index >= 15 is 0 Å². The number of aryl methyl sites for hydroxylation is 1. The van der Waals surface area contributed by atoms with Crippen molar-refractivity contribution >= 4 is 5.91 Å². The van der Waals surface area contributed by atoms with Gasteiger partial charge >= 0.3 is 0 Å². The number of carbonyl (C=O) groups is 1. The summed E-state index contributed by atoms with van der Waals surface area (Å²) in [4.78, 5) is 11.8. The molecule has 0 bridgehead atoms. The third kappa shape index (κ3) is 4.01. The van der Waals surface area contributed by atoms with E-state index in [-0.39, 0.29) is 5.91 Å². The Morgan fingerprint density at radius 1 is 1.14 bits per heavy atom. The number of amides is 1. The number of nitrogens with one attached hydrogen (secondary N) is 1.